The first-order valence-electron chi connectivity index (χ1n) is 12.0. The number of fused-ring (bicyclic) bond motifs is 2. The average molecular weight is 504 g/mol. The molecule has 0 saturated heterocycles. The summed E-state index contributed by atoms with van der Waals surface area (Å²) in [6.07, 6.45) is 3.95. The second kappa shape index (κ2) is 8.36. The highest BCUT2D eigenvalue weighted by molar-refractivity contribution is 5.99. The molecule has 2 amide bonds. The third-order valence-electron chi connectivity index (χ3n) is 7.54. The van der Waals surface area contributed by atoms with Crippen molar-refractivity contribution >= 4 is 29.0 Å². The van der Waals surface area contributed by atoms with E-state index >= 15 is 0 Å². The number of amides is 2. The summed E-state index contributed by atoms with van der Waals surface area (Å²) in [5, 5.41) is 4.78. The van der Waals surface area contributed by atoms with Crippen LogP contribution in [-0.4, -0.2) is 56.3 Å². The van der Waals surface area contributed by atoms with Crippen molar-refractivity contribution in [3.05, 3.63) is 88.4 Å². The Morgan fingerprint density at radius 2 is 1.81 bits per heavy atom. The first kappa shape index (κ1) is 23.1. The number of nitrogens with zero attached hydrogens (tertiary/aromatic N) is 4. The number of H-pyrrole nitrogens is 1. The SMILES string of the molecule is CN(C(=O)c1cnn2c1CN(C(=O)c1cc3cc(F)c(F)cc3[nH]1)CC2)C1(c2ccc(C=O)cc2)CC1. The zero-order valence-electron chi connectivity index (χ0n) is 20.0. The fourth-order valence-electron chi connectivity index (χ4n) is 5.19. The summed E-state index contributed by atoms with van der Waals surface area (Å²) in [5.74, 6) is -2.49. The second-order valence-electron chi connectivity index (χ2n) is 9.63. The van der Waals surface area contributed by atoms with Gasteiger partial charge in [-0.05, 0) is 30.5 Å². The Morgan fingerprint density at radius 1 is 1.08 bits per heavy atom. The van der Waals surface area contributed by atoms with Gasteiger partial charge in [0, 0.05) is 36.1 Å². The molecule has 188 valence electrons. The number of aldehydes is 1. The van der Waals surface area contributed by atoms with Crippen LogP contribution in [0.4, 0.5) is 8.78 Å². The van der Waals surface area contributed by atoms with Crippen molar-refractivity contribution in [3.63, 3.8) is 0 Å². The Hall–Kier alpha value is -4.34. The molecule has 2 aromatic carbocycles. The highest BCUT2D eigenvalue weighted by atomic mass is 19.2. The van der Waals surface area contributed by atoms with Gasteiger partial charge in [0.1, 0.15) is 12.0 Å². The summed E-state index contributed by atoms with van der Waals surface area (Å²) >= 11 is 0. The van der Waals surface area contributed by atoms with Crippen LogP contribution in [0.3, 0.4) is 0 Å². The number of aromatic amines is 1. The highest BCUT2D eigenvalue weighted by Crippen LogP contribution is 2.51. The molecule has 0 unspecified atom stereocenters. The van der Waals surface area contributed by atoms with Gasteiger partial charge in [0.15, 0.2) is 11.6 Å². The Balaban J connectivity index is 1.24. The number of carbonyl (C=O) groups excluding carboxylic acids is 3. The van der Waals surface area contributed by atoms with E-state index in [1.165, 1.54) is 6.07 Å². The molecular weight excluding hydrogens is 480 g/mol. The molecule has 37 heavy (non-hydrogen) atoms. The van der Waals surface area contributed by atoms with Gasteiger partial charge < -0.3 is 14.8 Å². The van der Waals surface area contributed by atoms with Crippen LogP contribution in [0.5, 0.6) is 0 Å². The van der Waals surface area contributed by atoms with Crippen LogP contribution in [0.15, 0.2) is 48.7 Å². The van der Waals surface area contributed by atoms with Crippen molar-refractivity contribution in [1.82, 2.24) is 24.6 Å². The van der Waals surface area contributed by atoms with E-state index in [4.69, 9.17) is 0 Å². The third kappa shape index (κ3) is 3.71. The molecule has 2 aromatic heterocycles. The minimum atomic E-state index is -0.990. The number of aromatic nitrogens is 3. The zero-order valence-corrected chi connectivity index (χ0v) is 20.0. The largest absolute Gasteiger partial charge is 0.350 e. The molecule has 0 atom stereocenters. The average Bonchev–Trinajstić information content (AvgIpc) is 3.46. The predicted octanol–water partition coefficient (Wildman–Crippen LogP) is 3.87. The number of carbonyl (C=O) groups is 3. The normalized spacial score (nSPS) is 15.9. The third-order valence-corrected chi connectivity index (χ3v) is 7.54. The summed E-state index contributed by atoms with van der Waals surface area (Å²) < 4.78 is 29.0. The standard InChI is InChI=1S/C27H23F2N5O3/c1-32(27(6-7-27)18-4-2-16(15-35)3-5-18)25(36)19-13-30-34-9-8-33(14-24(19)34)26(37)23-11-17-10-20(28)21(29)12-22(17)31-23/h2-5,10-13,15,31H,6-9,14H2,1H3. The monoisotopic (exact) mass is 503 g/mol. The molecule has 8 nitrogen and oxygen atoms in total. The number of rotatable bonds is 5. The van der Waals surface area contributed by atoms with Crippen LogP contribution >= 0.6 is 0 Å². The molecule has 1 N–H and O–H groups in total. The Morgan fingerprint density at radius 3 is 2.51 bits per heavy atom. The Kier molecular flexibility index (Phi) is 5.22. The van der Waals surface area contributed by atoms with E-state index in [0.717, 1.165) is 36.8 Å². The van der Waals surface area contributed by atoms with Gasteiger partial charge in [0.2, 0.25) is 0 Å². The van der Waals surface area contributed by atoms with Crippen molar-refractivity contribution in [2.45, 2.75) is 31.5 Å². The van der Waals surface area contributed by atoms with Crippen LogP contribution in [0, 0.1) is 11.6 Å². The Bertz CT molecular complexity index is 1530. The van der Waals surface area contributed by atoms with Crippen LogP contribution in [0.25, 0.3) is 10.9 Å². The maximum Gasteiger partial charge on any atom is 0.270 e. The van der Waals surface area contributed by atoms with Crippen LogP contribution in [0.1, 0.15) is 55.3 Å². The first-order chi connectivity index (χ1) is 17.8. The molecule has 1 aliphatic heterocycles. The van der Waals surface area contributed by atoms with E-state index in [1.54, 1.807) is 39.9 Å². The molecule has 1 aliphatic carbocycles. The highest BCUT2D eigenvalue weighted by Gasteiger charge is 2.50. The molecule has 1 fully saturated rings. The summed E-state index contributed by atoms with van der Waals surface area (Å²) in [5.41, 5.74) is 2.72. The van der Waals surface area contributed by atoms with Gasteiger partial charge in [-0.15, -0.1) is 0 Å². The number of hydrogen-bond donors (Lipinski definition) is 1. The van der Waals surface area contributed by atoms with Crippen molar-refractivity contribution < 1.29 is 23.2 Å². The summed E-state index contributed by atoms with van der Waals surface area (Å²) in [7, 11) is 1.77. The maximum absolute atomic E-state index is 13.6. The van der Waals surface area contributed by atoms with Crippen LogP contribution in [0.2, 0.25) is 0 Å². The van der Waals surface area contributed by atoms with Crippen LogP contribution < -0.4 is 0 Å². The second-order valence-corrected chi connectivity index (χ2v) is 9.63. The van der Waals surface area contributed by atoms with Gasteiger partial charge in [-0.2, -0.15) is 5.10 Å². The number of halogens is 2. The Labute approximate surface area is 210 Å². The van der Waals surface area contributed by atoms with Gasteiger partial charge in [0.05, 0.1) is 36.1 Å². The van der Waals surface area contributed by atoms with E-state index < -0.39 is 17.2 Å². The lowest BCUT2D eigenvalue weighted by Crippen LogP contribution is -2.41. The summed E-state index contributed by atoms with van der Waals surface area (Å²) in [6.45, 7) is 0.967. The van der Waals surface area contributed by atoms with Gasteiger partial charge in [-0.25, -0.2) is 8.78 Å². The molecule has 0 radical (unpaired) electrons. The molecule has 1 saturated carbocycles. The summed E-state index contributed by atoms with van der Waals surface area (Å²) in [6, 6.07) is 10.8. The predicted molar refractivity (Wildman–Crippen MR) is 130 cm³/mol. The molecule has 0 spiro atoms. The van der Waals surface area contributed by atoms with E-state index in [9.17, 15) is 23.2 Å². The van der Waals surface area contributed by atoms with Gasteiger partial charge in [-0.1, -0.05) is 24.3 Å². The van der Waals surface area contributed by atoms with Crippen molar-refractivity contribution in [3.8, 4) is 0 Å². The van der Waals surface area contributed by atoms with Gasteiger partial charge >= 0.3 is 0 Å². The lowest BCUT2D eigenvalue weighted by Gasteiger charge is -2.31. The quantitative estimate of drug-likeness (QED) is 0.419. The van der Waals surface area contributed by atoms with E-state index in [0.29, 0.717) is 40.8 Å². The molecule has 0 bridgehead atoms. The lowest BCUT2D eigenvalue weighted by atomic mass is 10.0. The molecular formula is C27H23F2N5O3. The smallest absolute Gasteiger partial charge is 0.270 e. The van der Waals surface area contributed by atoms with E-state index in [2.05, 4.69) is 10.1 Å². The van der Waals surface area contributed by atoms with Crippen molar-refractivity contribution in [1.29, 1.82) is 0 Å². The fourth-order valence-corrected chi connectivity index (χ4v) is 5.19. The molecule has 2 aliphatic rings. The molecule has 4 aromatic rings. The van der Waals surface area contributed by atoms with Gasteiger partial charge in [-0.3, -0.25) is 19.1 Å². The number of benzene rings is 2. The van der Waals surface area contributed by atoms with Gasteiger partial charge in [0.25, 0.3) is 11.8 Å². The van der Waals surface area contributed by atoms with E-state index in [-0.39, 0.29) is 24.1 Å². The maximum atomic E-state index is 13.6. The molecule has 3 heterocycles. The molecule has 6 rings (SSSR count). The number of nitrogens with one attached hydrogen (secondary N) is 1. The van der Waals surface area contributed by atoms with Crippen LogP contribution in [-0.2, 0) is 18.6 Å². The van der Waals surface area contributed by atoms with Crippen molar-refractivity contribution in [2.24, 2.45) is 0 Å². The molecule has 10 heteroatoms. The number of hydrogen-bond acceptors (Lipinski definition) is 4. The zero-order chi connectivity index (χ0) is 25.9. The fraction of sp³-hybridized carbons (Fsp3) is 0.259. The van der Waals surface area contributed by atoms with E-state index in [1.807, 2.05) is 12.1 Å². The minimum absolute atomic E-state index is 0.173. The lowest BCUT2D eigenvalue weighted by molar-refractivity contribution is 0.0670. The topological polar surface area (TPSA) is 91.3 Å². The minimum Gasteiger partial charge on any atom is -0.350 e. The van der Waals surface area contributed by atoms with Crippen molar-refractivity contribution in [2.75, 3.05) is 13.6 Å². The first-order valence-corrected chi connectivity index (χ1v) is 12.0. The summed E-state index contributed by atoms with van der Waals surface area (Å²) in [4.78, 5) is 44.1.